The predicted octanol–water partition coefficient (Wildman–Crippen LogP) is 2.69. The molecule has 0 aliphatic carbocycles. The van der Waals surface area contributed by atoms with Crippen LogP contribution in [0, 0.1) is 0 Å². The average molecular weight is 208 g/mol. The molecule has 2 heterocycles. The summed E-state index contributed by atoms with van der Waals surface area (Å²) in [5.41, 5.74) is 2.61. The maximum Gasteiger partial charge on any atom is 0.112 e. The van der Waals surface area contributed by atoms with Crippen molar-refractivity contribution in [1.29, 1.82) is 0 Å². The molecule has 0 amide bonds. The lowest BCUT2D eigenvalue weighted by Crippen LogP contribution is -1.83. The van der Waals surface area contributed by atoms with E-state index in [1.54, 1.807) is 12.3 Å². The van der Waals surface area contributed by atoms with Gasteiger partial charge in [0.2, 0.25) is 0 Å². The van der Waals surface area contributed by atoms with Gasteiger partial charge >= 0.3 is 0 Å². The lowest BCUT2D eigenvalue weighted by molar-refractivity contribution is 0.975. The standard InChI is InChI=1S/C10H10ClN3/c1-2-7-6-9(14-13-7)10-8(11)4-3-5-12-10/h3-6H,2H2,1H3,(H,13,14). The molecule has 2 rings (SSSR count). The van der Waals surface area contributed by atoms with Gasteiger partial charge in [-0.15, -0.1) is 0 Å². The molecule has 0 atom stereocenters. The molecule has 2 aromatic heterocycles. The highest BCUT2D eigenvalue weighted by molar-refractivity contribution is 6.32. The molecular weight excluding hydrogens is 198 g/mol. The second-order valence-corrected chi connectivity index (χ2v) is 3.37. The fourth-order valence-corrected chi connectivity index (χ4v) is 1.46. The Hall–Kier alpha value is -1.35. The van der Waals surface area contributed by atoms with Crippen LogP contribution in [0.15, 0.2) is 24.4 Å². The van der Waals surface area contributed by atoms with Gasteiger partial charge in [-0.05, 0) is 24.6 Å². The lowest BCUT2D eigenvalue weighted by Gasteiger charge is -1.96. The SMILES string of the molecule is CCc1cc(-c2ncccc2Cl)n[nH]1. The fourth-order valence-electron chi connectivity index (χ4n) is 1.24. The van der Waals surface area contributed by atoms with Gasteiger partial charge in [0.05, 0.1) is 5.02 Å². The molecule has 1 N–H and O–H groups in total. The summed E-state index contributed by atoms with van der Waals surface area (Å²) < 4.78 is 0. The number of pyridine rings is 1. The van der Waals surface area contributed by atoms with Crippen LogP contribution in [-0.4, -0.2) is 15.2 Å². The molecule has 0 saturated carbocycles. The molecule has 0 aromatic carbocycles. The summed E-state index contributed by atoms with van der Waals surface area (Å²) in [5.74, 6) is 0. The number of aromatic nitrogens is 3. The van der Waals surface area contributed by atoms with Gasteiger partial charge in [-0.25, -0.2) is 0 Å². The summed E-state index contributed by atoms with van der Waals surface area (Å²) in [4.78, 5) is 4.18. The van der Waals surface area contributed by atoms with Crippen LogP contribution in [0.25, 0.3) is 11.4 Å². The highest BCUT2D eigenvalue weighted by atomic mass is 35.5. The quantitative estimate of drug-likeness (QED) is 0.823. The molecule has 0 bridgehead atoms. The molecule has 2 aromatic rings. The minimum atomic E-state index is 0.627. The average Bonchev–Trinajstić information content (AvgIpc) is 2.67. The van der Waals surface area contributed by atoms with Crippen molar-refractivity contribution in [1.82, 2.24) is 15.2 Å². The lowest BCUT2D eigenvalue weighted by atomic mass is 10.2. The number of hydrogen-bond acceptors (Lipinski definition) is 2. The summed E-state index contributed by atoms with van der Waals surface area (Å²) in [6.45, 7) is 2.07. The highest BCUT2D eigenvalue weighted by Gasteiger charge is 2.07. The molecule has 0 radical (unpaired) electrons. The van der Waals surface area contributed by atoms with E-state index in [9.17, 15) is 0 Å². The van der Waals surface area contributed by atoms with Crippen LogP contribution in [0.4, 0.5) is 0 Å². The highest BCUT2D eigenvalue weighted by Crippen LogP contribution is 2.23. The molecule has 0 aliphatic rings. The third kappa shape index (κ3) is 1.63. The second-order valence-electron chi connectivity index (χ2n) is 2.97. The van der Waals surface area contributed by atoms with Crippen molar-refractivity contribution in [2.45, 2.75) is 13.3 Å². The van der Waals surface area contributed by atoms with E-state index in [0.29, 0.717) is 5.02 Å². The number of hydrogen-bond donors (Lipinski definition) is 1. The summed E-state index contributed by atoms with van der Waals surface area (Å²) >= 11 is 5.99. The van der Waals surface area contributed by atoms with E-state index in [0.717, 1.165) is 23.5 Å². The first-order valence-corrected chi connectivity index (χ1v) is 4.84. The molecule has 14 heavy (non-hydrogen) atoms. The third-order valence-electron chi connectivity index (χ3n) is 2.01. The van der Waals surface area contributed by atoms with Crippen molar-refractivity contribution in [3.05, 3.63) is 35.1 Å². The first-order valence-electron chi connectivity index (χ1n) is 4.46. The van der Waals surface area contributed by atoms with Crippen LogP contribution in [-0.2, 0) is 6.42 Å². The van der Waals surface area contributed by atoms with E-state index < -0.39 is 0 Å². The van der Waals surface area contributed by atoms with Gasteiger partial charge in [0.25, 0.3) is 0 Å². The van der Waals surface area contributed by atoms with Crippen LogP contribution in [0.2, 0.25) is 5.02 Å². The van der Waals surface area contributed by atoms with Gasteiger partial charge in [0, 0.05) is 11.9 Å². The van der Waals surface area contributed by atoms with Gasteiger partial charge in [0.1, 0.15) is 11.4 Å². The molecule has 0 saturated heterocycles. The van der Waals surface area contributed by atoms with E-state index >= 15 is 0 Å². The van der Waals surface area contributed by atoms with Crippen LogP contribution in [0.5, 0.6) is 0 Å². The zero-order valence-electron chi connectivity index (χ0n) is 7.79. The van der Waals surface area contributed by atoms with Crippen molar-refractivity contribution in [2.75, 3.05) is 0 Å². The van der Waals surface area contributed by atoms with Crippen molar-refractivity contribution in [2.24, 2.45) is 0 Å². The Kier molecular flexibility index (Phi) is 2.50. The minimum Gasteiger partial charge on any atom is -0.282 e. The number of nitrogens with one attached hydrogen (secondary N) is 1. The molecule has 72 valence electrons. The Balaban J connectivity index is 2.44. The molecule has 3 nitrogen and oxygen atoms in total. The van der Waals surface area contributed by atoms with E-state index in [1.165, 1.54) is 0 Å². The minimum absolute atomic E-state index is 0.627. The monoisotopic (exact) mass is 207 g/mol. The predicted molar refractivity (Wildman–Crippen MR) is 56.2 cm³/mol. The number of aromatic amines is 1. The summed E-state index contributed by atoms with van der Waals surface area (Å²) in [6.07, 6.45) is 2.64. The van der Waals surface area contributed by atoms with Crippen LogP contribution < -0.4 is 0 Å². The normalized spacial score (nSPS) is 10.4. The Bertz CT molecular complexity index is 436. The van der Waals surface area contributed by atoms with Gasteiger partial charge < -0.3 is 0 Å². The third-order valence-corrected chi connectivity index (χ3v) is 2.32. The van der Waals surface area contributed by atoms with E-state index in [-0.39, 0.29) is 0 Å². The first-order chi connectivity index (χ1) is 6.81. The summed E-state index contributed by atoms with van der Waals surface area (Å²) in [5, 5.41) is 7.71. The maximum atomic E-state index is 5.99. The van der Waals surface area contributed by atoms with E-state index in [4.69, 9.17) is 11.6 Å². The zero-order chi connectivity index (χ0) is 9.97. The molecule has 0 unspecified atom stereocenters. The summed E-state index contributed by atoms with van der Waals surface area (Å²) in [7, 11) is 0. The number of halogens is 1. The Morgan fingerprint density at radius 3 is 3.00 bits per heavy atom. The second kappa shape index (κ2) is 3.80. The Labute approximate surface area is 87.1 Å². The maximum absolute atomic E-state index is 5.99. The van der Waals surface area contributed by atoms with Gasteiger partial charge in [-0.1, -0.05) is 18.5 Å². The van der Waals surface area contributed by atoms with Crippen molar-refractivity contribution < 1.29 is 0 Å². The molecule has 4 heteroatoms. The van der Waals surface area contributed by atoms with Crippen molar-refractivity contribution in [3.8, 4) is 11.4 Å². The summed E-state index contributed by atoms with van der Waals surface area (Å²) in [6, 6.07) is 5.58. The van der Waals surface area contributed by atoms with E-state index in [2.05, 4.69) is 22.1 Å². The number of aryl methyl sites for hydroxylation is 1. The molecular formula is C10H10ClN3. The number of nitrogens with zero attached hydrogens (tertiary/aromatic N) is 2. The smallest absolute Gasteiger partial charge is 0.112 e. The largest absolute Gasteiger partial charge is 0.282 e. The van der Waals surface area contributed by atoms with E-state index in [1.807, 2.05) is 12.1 Å². The fraction of sp³-hybridized carbons (Fsp3) is 0.200. The molecule has 0 aliphatic heterocycles. The Morgan fingerprint density at radius 1 is 1.50 bits per heavy atom. The molecule has 0 fully saturated rings. The molecule has 0 spiro atoms. The van der Waals surface area contributed by atoms with Gasteiger partial charge in [-0.2, -0.15) is 5.10 Å². The number of H-pyrrole nitrogens is 1. The Morgan fingerprint density at radius 2 is 2.36 bits per heavy atom. The van der Waals surface area contributed by atoms with Crippen LogP contribution in [0.3, 0.4) is 0 Å². The topological polar surface area (TPSA) is 41.6 Å². The van der Waals surface area contributed by atoms with Crippen LogP contribution >= 0.6 is 11.6 Å². The first kappa shape index (κ1) is 9.21. The van der Waals surface area contributed by atoms with Gasteiger partial charge in [0.15, 0.2) is 0 Å². The zero-order valence-corrected chi connectivity index (χ0v) is 8.54. The van der Waals surface area contributed by atoms with Gasteiger partial charge in [-0.3, -0.25) is 10.1 Å². The van der Waals surface area contributed by atoms with Crippen molar-refractivity contribution in [3.63, 3.8) is 0 Å². The number of rotatable bonds is 2. The van der Waals surface area contributed by atoms with Crippen molar-refractivity contribution >= 4 is 11.6 Å². The van der Waals surface area contributed by atoms with Crippen LogP contribution in [0.1, 0.15) is 12.6 Å².